The van der Waals surface area contributed by atoms with Crippen LogP contribution in [0.25, 0.3) is 0 Å². The van der Waals surface area contributed by atoms with Crippen molar-refractivity contribution in [3.8, 4) is 5.75 Å². The molecule has 0 spiro atoms. The van der Waals surface area contributed by atoms with E-state index in [4.69, 9.17) is 15.2 Å². The van der Waals surface area contributed by atoms with Crippen LogP contribution in [0, 0.1) is 0 Å². The first kappa shape index (κ1) is 14.3. The standard InChI is InChI=1S/C11H14F2N2O3/c1-3-18-11(16)6-4-7(10(12)13)15-8(5-14)9(6)17-2/h4,10H,3,5,14H2,1-2H3. The fourth-order valence-electron chi connectivity index (χ4n) is 1.45. The largest absolute Gasteiger partial charge is 0.494 e. The Morgan fingerprint density at radius 1 is 1.56 bits per heavy atom. The van der Waals surface area contributed by atoms with Crippen molar-refractivity contribution < 1.29 is 23.0 Å². The Labute approximate surface area is 103 Å². The Balaban J connectivity index is 3.35. The van der Waals surface area contributed by atoms with E-state index in [1.165, 1.54) is 7.11 Å². The molecule has 0 bridgehead atoms. The van der Waals surface area contributed by atoms with Crippen molar-refractivity contribution >= 4 is 5.97 Å². The predicted octanol–water partition coefficient (Wildman–Crippen LogP) is 1.66. The van der Waals surface area contributed by atoms with Crippen LogP contribution in [0.2, 0.25) is 0 Å². The minimum atomic E-state index is -2.80. The van der Waals surface area contributed by atoms with Gasteiger partial charge in [0.05, 0.1) is 19.4 Å². The molecular formula is C11H14F2N2O3. The molecule has 0 radical (unpaired) electrons. The monoisotopic (exact) mass is 260 g/mol. The number of carbonyl (C=O) groups is 1. The third-order valence-electron chi connectivity index (χ3n) is 2.18. The van der Waals surface area contributed by atoms with Gasteiger partial charge in [-0.05, 0) is 13.0 Å². The quantitative estimate of drug-likeness (QED) is 0.815. The van der Waals surface area contributed by atoms with E-state index >= 15 is 0 Å². The highest BCUT2D eigenvalue weighted by molar-refractivity contribution is 5.93. The summed E-state index contributed by atoms with van der Waals surface area (Å²) in [5.41, 5.74) is 4.87. The molecular weight excluding hydrogens is 246 g/mol. The smallest absolute Gasteiger partial charge is 0.342 e. The summed E-state index contributed by atoms with van der Waals surface area (Å²) < 4.78 is 35.1. The summed E-state index contributed by atoms with van der Waals surface area (Å²) in [7, 11) is 1.31. The number of halogens is 2. The highest BCUT2D eigenvalue weighted by Gasteiger charge is 2.22. The van der Waals surface area contributed by atoms with E-state index < -0.39 is 18.1 Å². The molecule has 0 unspecified atom stereocenters. The summed E-state index contributed by atoms with van der Waals surface area (Å²) in [5, 5.41) is 0. The zero-order valence-electron chi connectivity index (χ0n) is 10.1. The summed E-state index contributed by atoms with van der Waals surface area (Å²) in [6, 6.07) is 0.959. The van der Waals surface area contributed by atoms with Crippen LogP contribution < -0.4 is 10.5 Å². The van der Waals surface area contributed by atoms with Gasteiger partial charge in [0, 0.05) is 6.54 Å². The number of rotatable bonds is 5. The number of nitrogens with two attached hydrogens (primary N) is 1. The topological polar surface area (TPSA) is 74.4 Å². The summed E-state index contributed by atoms with van der Waals surface area (Å²) in [5.74, 6) is -0.672. The average Bonchev–Trinajstić information content (AvgIpc) is 2.37. The number of hydrogen-bond donors (Lipinski definition) is 1. The van der Waals surface area contributed by atoms with E-state index in [-0.39, 0.29) is 30.2 Å². The molecule has 2 N–H and O–H groups in total. The van der Waals surface area contributed by atoms with Gasteiger partial charge in [-0.25, -0.2) is 18.6 Å². The fourth-order valence-corrected chi connectivity index (χ4v) is 1.45. The number of alkyl halides is 2. The van der Waals surface area contributed by atoms with Crippen LogP contribution in [0.5, 0.6) is 5.75 Å². The van der Waals surface area contributed by atoms with Gasteiger partial charge in [0.2, 0.25) is 0 Å². The molecule has 7 heteroatoms. The van der Waals surface area contributed by atoms with Gasteiger partial charge in [-0.1, -0.05) is 0 Å². The third kappa shape index (κ3) is 2.92. The summed E-state index contributed by atoms with van der Waals surface area (Å²) in [4.78, 5) is 15.3. The number of nitrogens with zero attached hydrogens (tertiary/aromatic N) is 1. The SMILES string of the molecule is CCOC(=O)c1cc(C(F)F)nc(CN)c1OC. The zero-order chi connectivity index (χ0) is 13.7. The Morgan fingerprint density at radius 3 is 2.67 bits per heavy atom. The molecule has 0 aliphatic rings. The molecule has 1 heterocycles. The summed E-state index contributed by atoms with van der Waals surface area (Å²) in [6.07, 6.45) is -2.80. The molecule has 0 saturated heterocycles. The maximum atomic E-state index is 12.7. The first-order chi connectivity index (χ1) is 8.54. The van der Waals surface area contributed by atoms with Crippen molar-refractivity contribution in [1.29, 1.82) is 0 Å². The highest BCUT2D eigenvalue weighted by atomic mass is 19.3. The van der Waals surface area contributed by atoms with Crippen molar-refractivity contribution in [2.24, 2.45) is 5.73 Å². The molecule has 0 saturated carbocycles. The first-order valence-corrected chi connectivity index (χ1v) is 5.28. The molecule has 0 aliphatic heterocycles. The van der Waals surface area contributed by atoms with E-state index in [1.807, 2.05) is 0 Å². The summed E-state index contributed by atoms with van der Waals surface area (Å²) >= 11 is 0. The molecule has 0 aliphatic carbocycles. The molecule has 0 aromatic carbocycles. The number of esters is 1. The number of ether oxygens (including phenoxy) is 2. The minimum absolute atomic E-state index is 0.0698. The number of pyridine rings is 1. The first-order valence-electron chi connectivity index (χ1n) is 5.28. The normalized spacial score (nSPS) is 10.6. The van der Waals surface area contributed by atoms with E-state index in [0.29, 0.717) is 0 Å². The van der Waals surface area contributed by atoms with Crippen molar-refractivity contribution in [3.05, 3.63) is 23.0 Å². The number of aromatic nitrogens is 1. The Hall–Kier alpha value is -1.76. The minimum Gasteiger partial charge on any atom is -0.494 e. The van der Waals surface area contributed by atoms with Crippen LogP contribution in [0.1, 0.15) is 35.1 Å². The molecule has 1 aromatic rings. The van der Waals surface area contributed by atoms with Crippen LogP contribution in [0.4, 0.5) is 8.78 Å². The maximum absolute atomic E-state index is 12.7. The molecule has 0 fully saturated rings. The van der Waals surface area contributed by atoms with Gasteiger partial charge in [0.1, 0.15) is 11.3 Å². The van der Waals surface area contributed by atoms with Crippen LogP contribution in [-0.2, 0) is 11.3 Å². The number of methoxy groups -OCH3 is 1. The second-order valence-corrected chi connectivity index (χ2v) is 3.30. The van der Waals surface area contributed by atoms with Crippen molar-refractivity contribution in [2.75, 3.05) is 13.7 Å². The maximum Gasteiger partial charge on any atom is 0.342 e. The van der Waals surface area contributed by atoms with E-state index in [0.717, 1.165) is 6.07 Å². The lowest BCUT2D eigenvalue weighted by atomic mass is 10.1. The van der Waals surface area contributed by atoms with E-state index in [1.54, 1.807) is 6.92 Å². The molecule has 1 rings (SSSR count). The predicted molar refractivity (Wildman–Crippen MR) is 59.6 cm³/mol. The van der Waals surface area contributed by atoms with Gasteiger partial charge in [-0.2, -0.15) is 0 Å². The van der Waals surface area contributed by atoms with Gasteiger partial charge < -0.3 is 15.2 Å². The molecule has 1 aromatic heterocycles. The third-order valence-corrected chi connectivity index (χ3v) is 2.18. The number of hydrogen-bond acceptors (Lipinski definition) is 5. The second-order valence-electron chi connectivity index (χ2n) is 3.30. The van der Waals surface area contributed by atoms with Crippen molar-refractivity contribution in [1.82, 2.24) is 4.98 Å². The fraction of sp³-hybridized carbons (Fsp3) is 0.455. The lowest BCUT2D eigenvalue weighted by Crippen LogP contribution is -2.13. The van der Waals surface area contributed by atoms with Crippen molar-refractivity contribution in [3.63, 3.8) is 0 Å². The molecule has 0 atom stereocenters. The van der Waals surface area contributed by atoms with Crippen LogP contribution in [0.15, 0.2) is 6.07 Å². The number of carbonyl (C=O) groups excluding carboxylic acids is 1. The molecule has 0 amide bonds. The lowest BCUT2D eigenvalue weighted by Gasteiger charge is -2.13. The summed E-state index contributed by atoms with van der Waals surface area (Å²) in [6.45, 7) is 1.63. The van der Waals surface area contributed by atoms with Crippen LogP contribution in [-0.4, -0.2) is 24.7 Å². The molecule has 5 nitrogen and oxygen atoms in total. The zero-order valence-corrected chi connectivity index (χ0v) is 10.1. The average molecular weight is 260 g/mol. The van der Waals surface area contributed by atoms with Crippen molar-refractivity contribution in [2.45, 2.75) is 19.9 Å². The Kier molecular flexibility index (Phi) is 4.96. The van der Waals surface area contributed by atoms with Gasteiger partial charge in [-0.3, -0.25) is 0 Å². The lowest BCUT2D eigenvalue weighted by molar-refractivity contribution is 0.0521. The Morgan fingerprint density at radius 2 is 2.22 bits per heavy atom. The molecule has 100 valence electrons. The van der Waals surface area contributed by atoms with Crippen LogP contribution in [0.3, 0.4) is 0 Å². The highest BCUT2D eigenvalue weighted by Crippen LogP contribution is 2.28. The van der Waals surface area contributed by atoms with E-state index in [2.05, 4.69) is 4.98 Å². The second kappa shape index (κ2) is 6.25. The van der Waals surface area contributed by atoms with Gasteiger partial charge in [0.25, 0.3) is 6.43 Å². The van der Waals surface area contributed by atoms with Gasteiger partial charge in [-0.15, -0.1) is 0 Å². The van der Waals surface area contributed by atoms with Gasteiger partial charge in [0.15, 0.2) is 5.75 Å². The van der Waals surface area contributed by atoms with Crippen LogP contribution >= 0.6 is 0 Å². The Bertz CT molecular complexity index is 439. The van der Waals surface area contributed by atoms with Gasteiger partial charge >= 0.3 is 5.97 Å². The molecule has 18 heavy (non-hydrogen) atoms. The van der Waals surface area contributed by atoms with E-state index in [9.17, 15) is 13.6 Å².